The van der Waals surface area contributed by atoms with Crippen molar-refractivity contribution in [2.45, 2.75) is 26.3 Å². The summed E-state index contributed by atoms with van der Waals surface area (Å²) in [6, 6.07) is 5.02. The van der Waals surface area contributed by atoms with Crippen molar-refractivity contribution in [1.29, 1.82) is 0 Å². The maximum Gasteiger partial charge on any atom is 0.249 e. The van der Waals surface area contributed by atoms with Crippen LogP contribution in [0.5, 0.6) is 11.5 Å². The lowest BCUT2D eigenvalue weighted by Crippen LogP contribution is -2.57. The van der Waals surface area contributed by atoms with Crippen molar-refractivity contribution in [1.82, 2.24) is 4.90 Å². The van der Waals surface area contributed by atoms with E-state index in [9.17, 15) is 9.59 Å². The minimum absolute atomic E-state index is 0.0150. The zero-order valence-corrected chi connectivity index (χ0v) is 12.2. The number of carbonyl (C=O) groups excluding carboxylic acids is 2. The first-order valence-electron chi connectivity index (χ1n) is 7.12. The number of fused-ring (bicyclic) bond motifs is 1. The monoisotopic (exact) mass is 290 g/mol. The molecule has 0 spiro atoms. The predicted octanol–water partition coefficient (Wildman–Crippen LogP) is 1.39. The minimum atomic E-state index is -0.434. The number of rotatable bonds is 2. The number of nitrogens with zero attached hydrogens (tertiary/aromatic N) is 2. The summed E-state index contributed by atoms with van der Waals surface area (Å²) in [5, 5.41) is 0. The summed E-state index contributed by atoms with van der Waals surface area (Å²) in [7, 11) is 0. The Morgan fingerprint density at radius 2 is 2.05 bits per heavy atom. The standard InChI is InChI=1S/C15H18N2O4/c1-3-14(18)16-6-7-17(15(19)10(16)2)11-4-5-12-13(8-11)21-9-20-12/h4-5,8,10H,3,6-7,9H2,1-2H3. The molecule has 6 heteroatoms. The molecule has 1 aromatic rings. The number of hydrogen-bond acceptors (Lipinski definition) is 4. The third-order valence-corrected chi connectivity index (χ3v) is 3.95. The second kappa shape index (κ2) is 5.27. The number of anilines is 1. The summed E-state index contributed by atoms with van der Waals surface area (Å²) in [5.74, 6) is 1.29. The molecule has 2 aliphatic rings. The number of benzene rings is 1. The van der Waals surface area contributed by atoms with E-state index in [1.54, 1.807) is 22.8 Å². The van der Waals surface area contributed by atoms with Crippen LogP contribution < -0.4 is 14.4 Å². The summed E-state index contributed by atoms with van der Waals surface area (Å²) in [5.41, 5.74) is 0.777. The summed E-state index contributed by atoms with van der Waals surface area (Å²) in [6.45, 7) is 4.84. The lowest BCUT2D eigenvalue weighted by molar-refractivity contribution is -0.140. The van der Waals surface area contributed by atoms with Crippen LogP contribution in [0.1, 0.15) is 20.3 Å². The van der Waals surface area contributed by atoms with Gasteiger partial charge in [0.15, 0.2) is 11.5 Å². The lowest BCUT2D eigenvalue weighted by atomic mass is 10.1. The zero-order chi connectivity index (χ0) is 15.0. The third kappa shape index (κ3) is 2.30. The highest BCUT2D eigenvalue weighted by molar-refractivity contribution is 6.00. The molecule has 1 unspecified atom stereocenters. The molecule has 3 rings (SSSR count). The highest BCUT2D eigenvalue weighted by Crippen LogP contribution is 2.36. The zero-order valence-electron chi connectivity index (χ0n) is 12.2. The van der Waals surface area contributed by atoms with Crippen LogP contribution >= 0.6 is 0 Å². The Balaban J connectivity index is 1.81. The second-order valence-corrected chi connectivity index (χ2v) is 5.14. The largest absolute Gasteiger partial charge is 0.454 e. The topological polar surface area (TPSA) is 59.1 Å². The van der Waals surface area contributed by atoms with E-state index < -0.39 is 6.04 Å². The molecule has 2 amide bonds. The Labute approximate surface area is 123 Å². The van der Waals surface area contributed by atoms with Gasteiger partial charge in [0.05, 0.1) is 0 Å². The number of hydrogen-bond donors (Lipinski definition) is 0. The van der Waals surface area contributed by atoms with Crippen molar-refractivity contribution < 1.29 is 19.1 Å². The van der Waals surface area contributed by atoms with Gasteiger partial charge in [-0.05, 0) is 19.1 Å². The van der Waals surface area contributed by atoms with Gasteiger partial charge in [-0.25, -0.2) is 0 Å². The molecule has 6 nitrogen and oxygen atoms in total. The van der Waals surface area contributed by atoms with E-state index >= 15 is 0 Å². The molecule has 1 atom stereocenters. The van der Waals surface area contributed by atoms with Gasteiger partial charge in [-0.2, -0.15) is 0 Å². The average Bonchev–Trinajstić information content (AvgIpc) is 2.96. The van der Waals surface area contributed by atoms with E-state index in [2.05, 4.69) is 0 Å². The maximum absolute atomic E-state index is 12.5. The normalized spacial score (nSPS) is 20.9. The van der Waals surface area contributed by atoms with Crippen LogP contribution in [0.4, 0.5) is 5.69 Å². The number of ether oxygens (including phenoxy) is 2. The smallest absolute Gasteiger partial charge is 0.249 e. The van der Waals surface area contributed by atoms with Crippen LogP contribution in [0.2, 0.25) is 0 Å². The van der Waals surface area contributed by atoms with Gasteiger partial charge in [0.25, 0.3) is 0 Å². The van der Waals surface area contributed by atoms with Gasteiger partial charge in [0, 0.05) is 31.3 Å². The molecule has 0 N–H and O–H groups in total. The van der Waals surface area contributed by atoms with Gasteiger partial charge in [0.1, 0.15) is 6.04 Å². The van der Waals surface area contributed by atoms with Gasteiger partial charge in [-0.1, -0.05) is 6.92 Å². The average molecular weight is 290 g/mol. The molecule has 1 saturated heterocycles. The number of amides is 2. The number of carbonyl (C=O) groups is 2. The van der Waals surface area contributed by atoms with Crippen LogP contribution in [-0.2, 0) is 9.59 Å². The maximum atomic E-state index is 12.5. The highest BCUT2D eigenvalue weighted by Gasteiger charge is 2.34. The molecule has 0 bridgehead atoms. The lowest BCUT2D eigenvalue weighted by Gasteiger charge is -2.39. The van der Waals surface area contributed by atoms with Crippen molar-refractivity contribution in [3.8, 4) is 11.5 Å². The van der Waals surface area contributed by atoms with Gasteiger partial charge in [0.2, 0.25) is 18.6 Å². The minimum Gasteiger partial charge on any atom is -0.454 e. The Hall–Kier alpha value is -2.24. The first kappa shape index (κ1) is 13.7. The molecule has 1 aromatic carbocycles. The Bertz CT molecular complexity index is 587. The third-order valence-electron chi connectivity index (χ3n) is 3.95. The second-order valence-electron chi connectivity index (χ2n) is 5.14. The fourth-order valence-corrected chi connectivity index (χ4v) is 2.72. The molecular weight excluding hydrogens is 272 g/mol. The molecule has 2 aliphatic heterocycles. The van der Waals surface area contributed by atoms with E-state index in [0.717, 1.165) is 5.69 Å². The van der Waals surface area contributed by atoms with Crippen LogP contribution in [-0.4, -0.2) is 42.6 Å². The fraction of sp³-hybridized carbons (Fsp3) is 0.467. The van der Waals surface area contributed by atoms with E-state index in [1.165, 1.54) is 0 Å². The molecule has 0 saturated carbocycles. The first-order chi connectivity index (χ1) is 10.1. The molecule has 21 heavy (non-hydrogen) atoms. The predicted molar refractivity (Wildman–Crippen MR) is 76.4 cm³/mol. The summed E-state index contributed by atoms with van der Waals surface area (Å²) < 4.78 is 10.6. The SMILES string of the molecule is CCC(=O)N1CCN(c2ccc3c(c2)OCO3)C(=O)C1C. The van der Waals surface area contributed by atoms with Crippen molar-refractivity contribution in [2.24, 2.45) is 0 Å². The van der Waals surface area contributed by atoms with Gasteiger partial charge < -0.3 is 19.3 Å². The van der Waals surface area contributed by atoms with E-state index in [4.69, 9.17) is 9.47 Å². The Morgan fingerprint density at radius 1 is 1.29 bits per heavy atom. The van der Waals surface area contributed by atoms with Crippen molar-refractivity contribution in [2.75, 3.05) is 24.8 Å². The van der Waals surface area contributed by atoms with Gasteiger partial charge in [-0.15, -0.1) is 0 Å². The molecule has 112 valence electrons. The van der Waals surface area contributed by atoms with Crippen LogP contribution in [0, 0.1) is 0 Å². The first-order valence-corrected chi connectivity index (χ1v) is 7.12. The van der Waals surface area contributed by atoms with Gasteiger partial charge in [-0.3, -0.25) is 9.59 Å². The van der Waals surface area contributed by atoms with Crippen molar-refractivity contribution in [3.63, 3.8) is 0 Å². The van der Waals surface area contributed by atoms with Crippen LogP contribution in [0.15, 0.2) is 18.2 Å². The summed E-state index contributed by atoms with van der Waals surface area (Å²) in [4.78, 5) is 27.7. The Morgan fingerprint density at radius 3 is 2.81 bits per heavy atom. The van der Waals surface area contributed by atoms with Gasteiger partial charge >= 0.3 is 0 Å². The molecular formula is C15H18N2O4. The van der Waals surface area contributed by atoms with Crippen molar-refractivity contribution >= 4 is 17.5 Å². The number of piperazine rings is 1. The van der Waals surface area contributed by atoms with E-state index in [1.807, 2.05) is 19.1 Å². The molecule has 0 aliphatic carbocycles. The van der Waals surface area contributed by atoms with Crippen LogP contribution in [0.25, 0.3) is 0 Å². The molecule has 2 heterocycles. The van der Waals surface area contributed by atoms with E-state index in [-0.39, 0.29) is 18.6 Å². The van der Waals surface area contributed by atoms with E-state index in [0.29, 0.717) is 31.0 Å². The molecule has 0 radical (unpaired) electrons. The Kier molecular flexibility index (Phi) is 3.45. The quantitative estimate of drug-likeness (QED) is 0.826. The van der Waals surface area contributed by atoms with Crippen LogP contribution in [0.3, 0.4) is 0 Å². The fourth-order valence-electron chi connectivity index (χ4n) is 2.72. The molecule has 0 aromatic heterocycles. The van der Waals surface area contributed by atoms with Crippen molar-refractivity contribution in [3.05, 3.63) is 18.2 Å². The molecule has 1 fully saturated rings. The highest BCUT2D eigenvalue weighted by atomic mass is 16.7. The summed E-state index contributed by atoms with van der Waals surface area (Å²) in [6.07, 6.45) is 0.418. The summed E-state index contributed by atoms with van der Waals surface area (Å²) >= 11 is 0.